The molecule has 1 aromatic heterocycles. The number of hydrogen-bond donors (Lipinski definition) is 1. The summed E-state index contributed by atoms with van der Waals surface area (Å²) in [6, 6.07) is 23.0. The van der Waals surface area contributed by atoms with Crippen molar-refractivity contribution in [2.75, 3.05) is 11.9 Å². The number of aryl methyl sites for hydroxylation is 1. The number of azo groups is 1. The van der Waals surface area contributed by atoms with Gasteiger partial charge in [-0.05, 0) is 61.0 Å². The second kappa shape index (κ2) is 9.04. The molecule has 0 unspecified atom stereocenters. The van der Waals surface area contributed by atoms with Gasteiger partial charge in [0.2, 0.25) is 0 Å². The molecular formula is C24H19N3O4. The maximum atomic E-state index is 12.2. The summed E-state index contributed by atoms with van der Waals surface area (Å²) < 4.78 is 10.7. The highest BCUT2D eigenvalue weighted by molar-refractivity contribution is 5.92. The number of anilines is 1. The second-order valence-electron chi connectivity index (χ2n) is 6.83. The fourth-order valence-electron chi connectivity index (χ4n) is 2.96. The molecule has 7 heteroatoms. The van der Waals surface area contributed by atoms with Gasteiger partial charge in [-0.15, -0.1) is 0 Å². The largest absolute Gasteiger partial charge is 0.484 e. The minimum absolute atomic E-state index is 0.184. The Hall–Kier alpha value is -4.26. The van der Waals surface area contributed by atoms with Crippen LogP contribution in [-0.2, 0) is 4.79 Å². The molecule has 1 N–H and O–H groups in total. The molecule has 0 fully saturated rings. The average Bonchev–Trinajstić information content (AvgIpc) is 2.77. The van der Waals surface area contributed by atoms with E-state index in [0.29, 0.717) is 22.7 Å². The number of rotatable bonds is 6. The molecule has 0 radical (unpaired) electrons. The number of carbonyl (C=O) groups is 1. The van der Waals surface area contributed by atoms with Crippen molar-refractivity contribution in [1.29, 1.82) is 0 Å². The highest BCUT2D eigenvalue weighted by Crippen LogP contribution is 2.23. The topological polar surface area (TPSA) is 93.3 Å². The van der Waals surface area contributed by atoms with Crippen molar-refractivity contribution in [3.05, 3.63) is 94.8 Å². The molecule has 1 amide bonds. The summed E-state index contributed by atoms with van der Waals surface area (Å²) >= 11 is 0. The summed E-state index contributed by atoms with van der Waals surface area (Å²) in [6.07, 6.45) is 0. The van der Waals surface area contributed by atoms with Crippen LogP contribution in [0.2, 0.25) is 0 Å². The predicted molar refractivity (Wildman–Crippen MR) is 118 cm³/mol. The van der Waals surface area contributed by atoms with Gasteiger partial charge in [0.05, 0.1) is 11.4 Å². The Bertz CT molecular complexity index is 1300. The Kier molecular flexibility index (Phi) is 5.84. The lowest BCUT2D eigenvalue weighted by Crippen LogP contribution is -2.20. The van der Waals surface area contributed by atoms with Crippen molar-refractivity contribution in [1.82, 2.24) is 0 Å². The standard InChI is InChI=1S/C24H19N3O4/c1-16-13-24(29)31-22-14-20(11-12-21(16)22)30-15-23(28)25-17-7-9-19(10-8-17)27-26-18-5-3-2-4-6-18/h2-14H,15H2,1H3,(H,25,28). The van der Waals surface area contributed by atoms with Gasteiger partial charge in [-0.25, -0.2) is 4.79 Å². The first-order valence-corrected chi connectivity index (χ1v) is 9.61. The highest BCUT2D eigenvalue weighted by atomic mass is 16.5. The Morgan fingerprint density at radius 1 is 0.935 bits per heavy atom. The van der Waals surface area contributed by atoms with E-state index < -0.39 is 5.63 Å². The van der Waals surface area contributed by atoms with Crippen LogP contribution >= 0.6 is 0 Å². The Balaban J connectivity index is 1.34. The van der Waals surface area contributed by atoms with Gasteiger partial charge in [0.15, 0.2) is 6.61 Å². The summed E-state index contributed by atoms with van der Waals surface area (Å²) in [5.41, 5.74) is 2.87. The number of nitrogens with one attached hydrogen (secondary N) is 1. The molecular weight excluding hydrogens is 394 g/mol. The van der Waals surface area contributed by atoms with Crippen LogP contribution in [0.4, 0.5) is 17.1 Å². The zero-order valence-corrected chi connectivity index (χ0v) is 16.7. The minimum atomic E-state index is -0.424. The fraction of sp³-hybridized carbons (Fsp3) is 0.0833. The number of carbonyl (C=O) groups excluding carboxylic acids is 1. The highest BCUT2D eigenvalue weighted by Gasteiger charge is 2.07. The summed E-state index contributed by atoms with van der Waals surface area (Å²) in [6.45, 7) is 1.65. The van der Waals surface area contributed by atoms with E-state index in [1.807, 2.05) is 37.3 Å². The van der Waals surface area contributed by atoms with Crippen LogP contribution in [-0.4, -0.2) is 12.5 Å². The molecule has 0 saturated heterocycles. The molecule has 4 rings (SSSR count). The first-order chi connectivity index (χ1) is 15.1. The predicted octanol–water partition coefficient (Wildman–Crippen LogP) is 5.53. The summed E-state index contributed by atoms with van der Waals surface area (Å²) in [5, 5.41) is 11.9. The third-order valence-electron chi connectivity index (χ3n) is 4.48. The number of ether oxygens (including phenoxy) is 1. The van der Waals surface area contributed by atoms with Gasteiger partial charge in [-0.2, -0.15) is 10.2 Å². The van der Waals surface area contributed by atoms with E-state index in [1.165, 1.54) is 6.07 Å². The lowest BCUT2D eigenvalue weighted by Gasteiger charge is -2.08. The zero-order valence-electron chi connectivity index (χ0n) is 16.7. The van der Waals surface area contributed by atoms with Crippen LogP contribution in [0, 0.1) is 6.92 Å². The van der Waals surface area contributed by atoms with Crippen molar-refractivity contribution < 1.29 is 13.9 Å². The molecule has 0 spiro atoms. The average molecular weight is 413 g/mol. The molecule has 0 atom stereocenters. The van der Waals surface area contributed by atoms with E-state index in [4.69, 9.17) is 9.15 Å². The maximum absolute atomic E-state index is 12.2. The van der Waals surface area contributed by atoms with Crippen LogP contribution in [0.15, 0.2) is 98.3 Å². The summed E-state index contributed by atoms with van der Waals surface area (Å²) in [5.74, 6) is 0.123. The number of hydrogen-bond acceptors (Lipinski definition) is 6. The lowest BCUT2D eigenvalue weighted by atomic mass is 10.1. The van der Waals surface area contributed by atoms with Crippen molar-refractivity contribution in [2.45, 2.75) is 6.92 Å². The van der Waals surface area contributed by atoms with E-state index in [0.717, 1.165) is 16.6 Å². The van der Waals surface area contributed by atoms with Crippen molar-refractivity contribution in [2.24, 2.45) is 10.2 Å². The monoisotopic (exact) mass is 413 g/mol. The first-order valence-electron chi connectivity index (χ1n) is 9.61. The van der Waals surface area contributed by atoms with E-state index in [1.54, 1.807) is 42.5 Å². The van der Waals surface area contributed by atoms with E-state index in [-0.39, 0.29) is 12.5 Å². The molecule has 0 aliphatic heterocycles. The normalized spacial score (nSPS) is 11.0. The first kappa shape index (κ1) is 20.0. The minimum Gasteiger partial charge on any atom is -0.484 e. The van der Waals surface area contributed by atoms with Gasteiger partial charge in [-0.1, -0.05) is 18.2 Å². The lowest BCUT2D eigenvalue weighted by molar-refractivity contribution is -0.118. The van der Waals surface area contributed by atoms with Crippen LogP contribution in [0.1, 0.15) is 5.56 Å². The molecule has 0 saturated carbocycles. The van der Waals surface area contributed by atoms with E-state index in [2.05, 4.69) is 15.5 Å². The van der Waals surface area contributed by atoms with Crippen molar-refractivity contribution in [3.8, 4) is 5.75 Å². The van der Waals surface area contributed by atoms with Crippen LogP contribution < -0.4 is 15.7 Å². The molecule has 0 bridgehead atoms. The SMILES string of the molecule is Cc1cc(=O)oc2cc(OCC(=O)Nc3ccc(N=Nc4ccccc4)cc3)ccc12. The summed E-state index contributed by atoms with van der Waals surface area (Å²) in [4.78, 5) is 23.7. The number of nitrogens with zero attached hydrogens (tertiary/aromatic N) is 2. The third-order valence-corrected chi connectivity index (χ3v) is 4.48. The molecule has 0 aliphatic rings. The summed E-state index contributed by atoms with van der Waals surface area (Å²) in [7, 11) is 0. The molecule has 1 heterocycles. The van der Waals surface area contributed by atoms with Crippen molar-refractivity contribution >= 4 is 33.9 Å². The van der Waals surface area contributed by atoms with Gasteiger partial charge in [0.25, 0.3) is 5.91 Å². The zero-order chi connectivity index (χ0) is 21.6. The van der Waals surface area contributed by atoms with E-state index >= 15 is 0 Å². The Labute approximate surface area is 178 Å². The number of amides is 1. The second-order valence-corrected chi connectivity index (χ2v) is 6.83. The van der Waals surface area contributed by atoms with Crippen LogP contribution in [0.3, 0.4) is 0 Å². The smallest absolute Gasteiger partial charge is 0.336 e. The van der Waals surface area contributed by atoms with Gasteiger partial charge in [0.1, 0.15) is 11.3 Å². The van der Waals surface area contributed by atoms with Crippen LogP contribution in [0.25, 0.3) is 11.0 Å². The quantitative estimate of drug-likeness (QED) is 0.332. The third kappa shape index (κ3) is 5.22. The van der Waals surface area contributed by atoms with Gasteiger partial charge in [-0.3, -0.25) is 4.79 Å². The van der Waals surface area contributed by atoms with Crippen molar-refractivity contribution in [3.63, 3.8) is 0 Å². The Morgan fingerprint density at radius 2 is 1.65 bits per heavy atom. The van der Waals surface area contributed by atoms with Gasteiger partial charge < -0.3 is 14.5 Å². The molecule has 31 heavy (non-hydrogen) atoms. The Morgan fingerprint density at radius 3 is 2.39 bits per heavy atom. The number of fused-ring (bicyclic) bond motifs is 1. The maximum Gasteiger partial charge on any atom is 0.336 e. The fourth-order valence-corrected chi connectivity index (χ4v) is 2.96. The van der Waals surface area contributed by atoms with Gasteiger partial charge in [0, 0.05) is 23.2 Å². The van der Waals surface area contributed by atoms with E-state index in [9.17, 15) is 9.59 Å². The van der Waals surface area contributed by atoms with Gasteiger partial charge >= 0.3 is 5.63 Å². The molecule has 0 aliphatic carbocycles. The molecule has 4 aromatic rings. The number of benzene rings is 3. The molecule has 3 aromatic carbocycles. The van der Waals surface area contributed by atoms with Crippen LogP contribution in [0.5, 0.6) is 5.75 Å². The molecule has 154 valence electrons. The molecule has 7 nitrogen and oxygen atoms in total.